The molecule has 1 aliphatic heterocycles. The third kappa shape index (κ3) is 3.12. The van der Waals surface area contributed by atoms with Gasteiger partial charge in [0.2, 0.25) is 0 Å². The number of fused-ring (bicyclic) bond motifs is 1. The molecule has 5 heteroatoms. The van der Waals surface area contributed by atoms with E-state index < -0.39 is 0 Å². The first-order chi connectivity index (χ1) is 10.2. The lowest BCUT2D eigenvalue weighted by Crippen LogP contribution is -2.46. The van der Waals surface area contributed by atoms with Gasteiger partial charge in [0.25, 0.3) is 0 Å². The van der Waals surface area contributed by atoms with Crippen molar-refractivity contribution in [3.05, 3.63) is 18.2 Å². The first-order valence-electron chi connectivity index (χ1n) is 7.41. The number of nitriles is 1. The van der Waals surface area contributed by atoms with E-state index in [0.29, 0.717) is 18.5 Å². The fourth-order valence-corrected chi connectivity index (χ4v) is 4.36. The number of nitrogens with one attached hydrogen (secondary N) is 1. The summed E-state index contributed by atoms with van der Waals surface area (Å²) in [6, 6.07) is 8.59. The monoisotopic (exact) mass is 304 g/mol. The van der Waals surface area contributed by atoms with Crippen molar-refractivity contribution in [2.45, 2.75) is 41.4 Å². The van der Waals surface area contributed by atoms with E-state index in [9.17, 15) is 5.26 Å². The van der Waals surface area contributed by atoms with Gasteiger partial charge in [-0.25, -0.2) is 0 Å². The molecule has 0 amide bonds. The molecule has 4 nitrogen and oxygen atoms in total. The fraction of sp³-hybridized carbons (Fsp3) is 0.562. The summed E-state index contributed by atoms with van der Waals surface area (Å²) in [4.78, 5) is 1.19. The predicted octanol–water partition coefficient (Wildman–Crippen LogP) is 2.97. The molecule has 21 heavy (non-hydrogen) atoms. The lowest BCUT2D eigenvalue weighted by molar-refractivity contribution is 0.171. The lowest BCUT2D eigenvalue weighted by atomic mass is 9.83. The molecule has 112 valence electrons. The van der Waals surface area contributed by atoms with Crippen molar-refractivity contribution in [3.63, 3.8) is 0 Å². The van der Waals surface area contributed by atoms with Crippen LogP contribution in [0.15, 0.2) is 23.1 Å². The zero-order chi connectivity index (χ0) is 14.7. The van der Waals surface area contributed by atoms with Crippen LogP contribution >= 0.6 is 11.8 Å². The van der Waals surface area contributed by atoms with E-state index in [-0.39, 0.29) is 5.54 Å². The van der Waals surface area contributed by atoms with E-state index in [1.165, 1.54) is 4.90 Å². The van der Waals surface area contributed by atoms with Crippen molar-refractivity contribution in [3.8, 4) is 17.6 Å². The second kappa shape index (κ2) is 6.17. The Morgan fingerprint density at radius 3 is 2.90 bits per heavy atom. The van der Waals surface area contributed by atoms with Crippen molar-refractivity contribution in [2.75, 3.05) is 20.3 Å². The van der Waals surface area contributed by atoms with Gasteiger partial charge in [0.05, 0.1) is 6.07 Å². The number of rotatable bonds is 3. The molecule has 0 radical (unpaired) electrons. The molecule has 0 saturated heterocycles. The van der Waals surface area contributed by atoms with Crippen LogP contribution in [0.3, 0.4) is 0 Å². The summed E-state index contributed by atoms with van der Waals surface area (Å²) in [6.45, 7) is 1.23. The Hall–Kier alpha value is -1.38. The van der Waals surface area contributed by atoms with Crippen LogP contribution in [0.25, 0.3) is 0 Å². The number of hydrogen-bond acceptors (Lipinski definition) is 5. The van der Waals surface area contributed by atoms with Gasteiger partial charge in [-0.2, -0.15) is 5.26 Å². The first-order valence-corrected chi connectivity index (χ1v) is 8.29. The molecule has 1 aliphatic carbocycles. The van der Waals surface area contributed by atoms with Crippen LogP contribution in [0.1, 0.15) is 25.7 Å². The van der Waals surface area contributed by atoms with Gasteiger partial charge in [-0.1, -0.05) is 0 Å². The second-order valence-electron chi connectivity index (χ2n) is 5.59. The van der Waals surface area contributed by atoms with E-state index in [1.54, 1.807) is 0 Å². The maximum absolute atomic E-state index is 9.43. The Morgan fingerprint density at radius 1 is 1.33 bits per heavy atom. The van der Waals surface area contributed by atoms with Crippen molar-refractivity contribution in [1.29, 1.82) is 5.26 Å². The molecule has 2 unspecified atom stereocenters. The molecule has 0 bridgehead atoms. The van der Waals surface area contributed by atoms with Crippen molar-refractivity contribution in [1.82, 2.24) is 5.32 Å². The summed E-state index contributed by atoms with van der Waals surface area (Å²) < 4.78 is 11.2. The highest BCUT2D eigenvalue weighted by Gasteiger charge is 2.35. The Balaban J connectivity index is 1.70. The van der Waals surface area contributed by atoms with E-state index in [0.717, 1.165) is 37.2 Å². The van der Waals surface area contributed by atoms with Crippen molar-refractivity contribution < 1.29 is 9.47 Å². The molecule has 0 aromatic heterocycles. The summed E-state index contributed by atoms with van der Waals surface area (Å²) in [5.41, 5.74) is -0.357. The van der Waals surface area contributed by atoms with Gasteiger partial charge in [0.15, 0.2) is 11.5 Å². The van der Waals surface area contributed by atoms with Crippen LogP contribution in [0, 0.1) is 11.3 Å². The smallest absolute Gasteiger partial charge is 0.162 e. The van der Waals surface area contributed by atoms with Crippen LogP contribution in [0.5, 0.6) is 11.5 Å². The van der Waals surface area contributed by atoms with Crippen LogP contribution < -0.4 is 14.8 Å². The third-order valence-corrected chi connectivity index (χ3v) is 5.48. The molecule has 0 spiro atoms. The van der Waals surface area contributed by atoms with Gasteiger partial charge >= 0.3 is 0 Å². The Bertz CT molecular complexity index is 558. The molecule has 3 rings (SSSR count). The standard InChI is InChI=1S/C16H20N2O2S/c1-18-16(11-17)6-2-3-13(10-16)21-12-4-5-14-15(9-12)20-8-7-19-14/h4-5,9,13,18H,2-3,6-8,10H2,1H3. The number of benzene rings is 1. The quantitative estimate of drug-likeness (QED) is 0.930. The minimum atomic E-state index is -0.357. The number of thioether (sulfide) groups is 1. The summed E-state index contributed by atoms with van der Waals surface area (Å²) in [5, 5.41) is 13.1. The molecule has 1 N–H and O–H groups in total. The lowest BCUT2D eigenvalue weighted by Gasteiger charge is -2.35. The number of nitrogens with zero attached hydrogens (tertiary/aromatic N) is 1. The first kappa shape index (κ1) is 14.6. The van der Waals surface area contributed by atoms with Crippen LogP contribution in [0.2, 0.25) is 0 Å². The topological polar surface area (TPSA) is 54.3 Å². The average molecular weight is 304 g/mol. The SMILES string of the molecule is CNC1(C#N)CCCC(Sc2ccc3c(c2)OCCO3)C1. The maximum Gasteiger partial charge on any atom is 0.162 e. The highest BCUT2D eigenvalue weighted by molar-refractivity contribution is 8.00. The van der Waals surface area contributed by atoms with Gasteiger partial charge in [-0.3, -0.25) is 0 Å². The molecular weight excluding hydrogens is 284 g/mol. The number of ether oxygens (including phenoxy) is 2. The molecule has 1 saturated carbocycles. The van der Waals surface area contributed by atoms with Crippen molar-refractivity contribution >= 4 is 11.8 Å². The van der Waals surface area contributed by atoms with Crippen molar-refractivity contribution in [2.24, 2.45) is 0 Å². The third-order valence-electron chi connectivity index (χ3n) is 4.21. The normalized spacial score (nSPS) is 27.9. The number of hydrogen-bond donors (Lipinski definition) is 1. The predicted molar refractivity (Wildman–Crippen MR) is 82.9 cm³/mol. The molecule has 1 fully saturated rings. The van der Waals surface area contributed by atoms with Gasteiger partial charge in [-0.05, 0) is 50.9 Å². The minimum absolute atomic E-state index is 0.357. The van der Waals surface area contributed by atoms with E-state index in [4.69, 9.17) is 9.47 Å². The molecular formula is C16H20N2O2S. The summed E-state index contributed by atoms with van der Waals surface area (Å²) in [5.74, 6) is 1.66. The zero-order valence-electron chi connectivity index (χ0n) is 12.2. The summed E-state index contributed by atoms with van der Waals surface area (Å²) in [6.07, 6.45) is 4.08. The minimum Gasteiger partial charge on any atom is -0.486 e. The van der Waals surface area contributed by atoms with E-state index in [1.807, 2.05) is 24.9 Å². The molecule has 1 aromatic carbocycles. The van der Waals surface area contributed by atoms with E-state index in [2.05, 4.69) is 23.5 Å². The van der Waals surface area contributed by atoms with Gasteiger partial charge < -0.3 is 14.8 Å². The summed E-state index contributed by atoms with van der Waals surface area (Å²) in [7, 11) is 1.89. The van der Waals surface area contributed by atoms with Crippen LogP contribution in [-0.4, -0.2) is 31.1 Å². The van der Waals surface area contributed by atoms with Gasteiger partial charge in [-0.15, -0.1) is 11.8 Å². The largest absolute Gasteiger partial charge is 0.486 e. The van der Waals surface area contributed by atoms with Gasteiger partial charge in [0.1, 0.15) is 18.8 Å². The fourth-order valence-electron chi connectivity index (χ4n) is 3.00. The highest BCUT2D eigenvalue weighted by atomic mass is 32.2. The highest BCUT2D eigenvalue weighted by Crippen LogP contribution is 2.41. The average Bonchev–Trinajstić information content (AvgIpc) is 2.55. The van der Waals surface area contributed by atoms with Crippen LogP contribution in [-0.2, 0) is 0 Å². The Kier molecular flexibility index (Phi) is 4.27. The molecule has 1 heterocycles. The summed E-state index contributed by atoms with van der Waals surface area (Å²) >= 11 is 1.84. The molecule has 2 aliphatic rings. The second-order valence-corrected chi connectivity index (χ2v) is 6.96. The van der Waals surface area contributed by atoms with Gasteiger partial charge in [0, 0.05) is 10.1 Å². The Morgan fingerprint density at radius 2 is 2.14 bits per heavy atom. The van der Waals surface area contributed by atoms with Crippen LogP contribution in [0.4, 0.5) is 0 Å². The molecule has 2 atom stereocenters. The Labute approximate surface area is 129 Å². The van der Waals surface area contributed by atoms with E-state index >= 15 is 0 Å². The maximum atomic E-state index is 9.43. The molecule has 1 aromatic rings. The zero-order valence-corrected chi connectivity index (χ0v) is 13.0.